The molecule has 0 aliphatic carbocycles. The molecule has 3 aromatic rings. The van der Waals surface area contributed by atoms with Gasteiger partial charge in [0.15, 0.2) is 0 Å². The van der Waals surface area contributed by atoms with Crippen molar-refractivity contribution in [3.63, 3.8) is 0 Å². The summed E-state index contributed by atoms with van der Waals surface area (Å²) in [5, 5.41) is 1.19. The smallest absolute Gasteiger partial charge is 0.119 e. The van der Waals surface area contributed by atoms with Crippen molar-refractivity contribution in [3.05, 3.63) is 60.3 Å². The molecule has 146 valence electrons. The number of hydrogen-bond donors (Lipinski definition) is 0. The summed E-state index contributed by atoms with van der Waals surface area (Å²) in [6.07, 6.45) is 4.43. The highest BCUT2D eigenvalue weighted by Crippen LogP contribution is 2.30. The fourth-order valence-corrected chi connectivity index (χ4v) is 4.24. The van der Waals surface area contributed by atoms with Crippen molar-refractivity contribution in [3.8, 4) is 16.9 Å². The number of ether oxygens (including phenoxy) is 1. The third kappa shape index (κ3) is 4.20. The van der Waals surface area contributed by atoms with Crippen LogP contribution in [0.4, 0.5) is 0 Å². The first-order chi connectivity index (χ1) is 13.6. The Kier molecular flexibility index (Phi) is 5.63. The molecule has 2 heterocycles. The second-order valence-corrected chi connectivity index (χ2v) is 8.35. The van der Waals surface area contributed by atoms with Gasteiger partial charge < -0.3 is 9.64 Å². The SMILES string of the molecule is Cc1c(-c2ccc(OC3CCN(CC(C)C)CC3)cc2)ccc2cccnc12. The molecule has 0 atom stereocenters. The van der Waals surface area contributed by atoms with Gasteiger partial charge in [0.05, 0.1) is 5.52 Å². The molecule has 0 spiro atoms. The largest absolute Gasteiger partial charge is 0.490 e. The molecule has 0 saturated carbocycles. The highest BCUT2D eigenvalue weighted by Gasteiger charge is 2.21. The molecular formula is C25H30N2O. The van der Waals surface area contributed by atoms with Crippen LogP contribution in [0.3, 0.4) is 0 Å². The van der Waals surface area contributed by atoms with E-state index in [1.54, 1.807) is 0 Å². The van der Waals surface area contributed by atoms with Crippen LogP contribution in [0, 0.1) is 12.8 Å². The van der Waals surface area contributed by atoms with Crippen LogP contribution in [0.1, 0.15) is 32.3 Å². The monoisotopic (exact) mass is 374 g/mol. The predicted octanol–water partition coefficient (Wildman–Crippen LogP) is 5.71. The van der Waals surface area contributed by atoms with Crippen LogP contribution in [0.25, 0.3) is 22.0 Å². The van der Waals surface area contributed by atoms with E-state index in [-0.39, 0.29) is 0 Å². The Balaban J connectivity index is 1.43. The van der Waals surface area contributed by atoms with E-state index in [9.17, 15) is 0 Å². The van der Waals surface area contributed by atoms with E-state index >= 15 is 0 Å². The second kappa shape index (κ2) is 8.32. The van der Waals surface area contributed by atoms with Crippen molar-refractivity contribution < 1.29 is 4.74 Å². The fourth-order valence-electron chi connectivity index (χ4n) is 4.24. The van der Waals surface area contributed by atoms with Crippen molar-refractivity contribution in [2.75, 3.05) is 19.6 Å². The Bertz CT molecular complexity index is 925. The van der Waals surface area contributed by atoms with Gasteiger partial charge in [0.25, 0.3) is 0 Å². The van der Waals surface area contributed by atoms with Crippen molar-refractivity contribution >= 4 is 10.9 Å². The molecule has 0 N–H and O–H groups in total. The Morgan fingerprint density at radius 2 is 1.79 bits per heavy atom. The number of hydrogen-bond acceptors (Lipinski definition) is 3. The van der Waals surface area contributed by atoms with Crippen LogP contribution in [0.5, 0.6) is 5.75 Å². The summed E-state index contributed by atoms with van der Waals surface area (Å²) in [6, 6.07) is 17.0. The Morgan fingerprint density at radius 1 is 1.04 bits per heavy atom. The minimum absolute atomic E-state index is 0.334. The van der Waals surface area contributed by atoms with Crippen LogP contribution in [0.15, 0.2) is 54.7 Å². The third-order valence-corrected chi connectivity index (χ3v) is 5.65. The van der Waals surface area contributed by atoms with E-state index in [1.165, 1.54) is 28.6 Å². The van der Waals surface area contributed by atoms with E-state index < -0.39 is 0 Å². The number of likely N-dealkylation sites (tertiary alicyclic amines) is 1. The third-order valence-electron chi connectivity index (χ3n) is 5.65. The Labute approximate surface area is 168 Å². The lowest BCUT2D eigenvalue weighted by atomic mass is 9.98. The first-order valence-electron chi connectivity index (χ1n) is 10.4. The zero-order valence-electron chi connectivity index (χ0n) is 17.2. The summed E-state index contributed by atoms with van der Waals surface area (Å²) in [5.74, 6) is 1.71. The highest BCUT2D eigenvalue weighted by molar-refractivity contribution is 5.88. The number of fused-ring (bicyclic) bond motifs is 1. The average molecular weight is 375 g/mol. The molecule has 1 aliphatic rings. The molecular weight excluding hydrogens is 344 g/mol. The molecule has 3 nitrogen and oxygen atoms in total. The minimum atomic E-state index is 0.334. The van der Waals surface area contributed by atoms with E-state index in [1.807, 2.05) is 12.3 Å². The molecule has 3 heteroatoms. The van der Waals surface area contributed by atoms with Gasteiger partial charge in [-0.3, -0.25) is 4.98 Å². The average Bonchev–Trinajstić information content (AvgIpc) is 2.70. The van der Waals surface area contributed by atoms with Crippen molar-refractivity contribution in [1.29, 1.82) is 0 Å². The zero-order chi connectivity index (χ0) is 19.5. The number of rotatable bonds is 5. The topological polar surface area (TPSA) is 25.4 Å². The molecule has 4 rings (SSSR count). The van der Waals surface area contributed by atoms with E-state index in [0.717, 1.165) is 43.1 Å². The molecule has 1 fully saturated rings. The first kappa shape index (κ1) is 18.9. The number of nitrogens with zero attached hydrogens (tertiary/aromatic N) is 2. The van der Waals surface area contributed by atoms with Gasteiger partial charge in [-0.25, -0.2) is 0 Å². The first-order valence-corrected chi connectivity index (χ1v) is 10.4. The fraction of sp³-hybridized carbons (Fsp3) is 0.400. The van der Waals surface area contributed by atoms with Crippen molar-refractivity contribution in [2.24, 2.45) is 5.92 Å². The summed E-state index contributed by atoms with van der Waals surface area (Å²) in [6.45, 7) is 10.2. The standard InChI is InChI=1S/C25H30N2O/c1-18(2)17-27-15-12-23(13-16-27)28-22-9-6-20(7-10-22)24-11-8-21-5-4-14-26-25(21)19(24)3/h4-11,14,18,23H,12-13,15-17H2,1-3H3. The highest BCUT2D eigenvalue weighted by atomic mass is 16.5. The number of pyridine rings is 1. The molecule has 2 aromatic carbocycles. The maximum absolute atomic E-state index is 6.26. The molecule has 0 unspecified atom stereocenters. The molecule has 28 heavy (non-hydrogen) atoms. The molecule has 1 aliphatic heterocycles. The minimum Gasteiger partial charge on any atom is -0.490 e. The Morgan fingerprint density at radius 3 is 2.50 bits per heavy atom. The molecule has 1 aromatic heterocycles. The number of aryl methyl sites for hydroxylation is 1. The van der Waals surface area contributed by atoms with Gasteiger partial charge in [-0.2, -0.15) is 0 Å². The second-order valence-electron chi connectivity index (χ2n) is 8.35. The van der Waals surface area contributed by atoms with E-state index in [0.29, 0.717) is 6.10 Å². The van der Waals surface area contributed by atoms with Crippen molar-refractivity contribution in [2.45, 2.75) is 39.7 Å². The van der Waals surface area contributed by atoms with Gasteiger partial charge in [-0.05, 0) is 60.6 Å². The maximum Gasteiger partial charge on any atom is 0.119 e. The summed E-state index contributed by atoms with van der Waals surface area (Å²) >= 11 is 0. The summed E-state index contributed by atoms with van der Waals surface area (Å²) in [4.78, 5) is 7.12. The van der Waals surface area contributed by atoms with Crippen LogP contribution in [-0.2, 0) is 0 Å². The van der Waals surface area contributed by atoms with Crippen LogP contribution >= 0.6 is 0 Å². The van der Waals surface area contributed by atoms with Gasteiger partial charge in [-0.15, -0.1) is 0 Å². The summed E-state index contributed by atoms with van der Waals surface area (Å²) < 4.78 is 6.26. The quantitative estimate of drug-likeness (QED) is 0.572. The van der Waals surface area contributed by atoms with Crippen LogP contribution < -0.4 is 4.74 Å². The van der Waals surface area contributed by atoms with Crippen LogP contribution in [-0.4, -0.2) is 35.6 Å². The summed E-state index contributed by atoms with van der Waals surface area (Å²) in [5.41, 5.74) is 4.75. The zero-order valence-corrected chi connectivity index (χ0v) is 17.2. The maximum atomic E-state index is 6.26. The number of benzene rings is 2. The van der Waals surface area contributed by atoms with E-state index in [2.05, 4.69) is 73.1 Å². The van der Waals surface area contributed by atoms with Gasteiger partial charge >= 0.3 is 0 Å². The van der Waals surface area contributed by atoms with Gasteiger partial charge in [0.2, 0.25) is 0 Å². The van der Waals surface area contributed by atoms with E-state index in [4.69, 9.17) is 4.74 Å². The van der Waals surface area contributed by atoms with Gasteiger partial charge in [-0.1, -0.05) is 44.2 Å². The lowest BCUT2D eigenvalue weighted by Crippen LogP contribution is -2.39. The molecule has 0 radical (unpaired) electrons. The lowest BCUT2D eigenvalue weighted by Gasteiger charge is -2.33. The lowest BCUT2D eigenvalue weighted by molar-refractivity contribution is 0.0941. The van der Waals surface area contributed by atoms with Gasteiger partial charge in [0, 0.05) is 31.2 Å². The number of piperidine rings is 1. The normalized spacial score (nSPS) is 16.0. The van der Waals surface area contributed by atoms with Crippen LogP contribution in [0.2, 0.25) is 0 Å². The molecule has 1 saturated heterocycles. The number of aromatic nitrogens is 1. The Hall–Kier alpha value is -2.39. The molecule has 0 bridgehead atoms. The van der Waals surface area contributed by atoms with Gasteiger partial charge in [0.1, 0.15) is 11.9 Å². The summed E-state index contributed by atoms with van der Waals surface area (Å²) in [7, 11) is 0. The van der Waals surface area contributed by atoms with Crippen molar-refractivity contribution in [1.82, 2.24) is 9.88 Å². The molecule has 0 amide bonds. The predicted molar refractivity (Wildman–Crippen MR) is 117 cm³/mol.